The average molecular weight is 305 g/mol. The van der Waals surface area contributed by atoms with Gasteiger partial charge in [0.05, 0.1) is 0 Å². The molecule has 5 heteroatoms. The van der Waals surface area contributed by atoms with Gasteiger partial charge in [-0.1, -0.05) is 19.9 Å². The van der Waals surface area contributed by atoms with E-state index in [1.54, 1.807) is 36.2 Å². The Hall–Kier alpha value is -1.88. The second-order valence-electron chi connectivity index (χ2n) is 5.65. The third-order valence-corrected chi connectivity index (χ3v) is 4.20. The van der Waals surface area contributed by atoms with Gasteiger partial charge in [0.15, 0.2) is 0 Å². The van der Waals surface area contributed by atoms with Crippen molar-refractivity contribution in [2.24, 2.45) is 5.73 Å². The molecule has 3 N–H and O–H groups in total. The highest BCUT2D eigenvalue weighted by atomic mass is 16.2. The van der Waals surface area contributed by atoms with Gasteiger partial charge in [-0.15, -0.1) is 0 Å². The summed E-state index contributed by atoms with van der Waals surface area (Å²) in [5, 5.41) is 2.86. The minimum absolute atomic E-state index is 0.0903. The first-order valence-electron chi connectivity index (χ1n) is 7.79. The number of nitrogens with zero attached hydrogens (tertiary/aromatic N) is 1. The molecular formula is C17H27N3O2. The molecule has 0 aliphatic carbocycles. The van der Waals surface area contributed by atoms with Crippen LogP contribution in [0.25, 0.3) is 0 Å². The van der Waals surface area contributed by atoms with Gasteiger partial charge in [0.1, 0.15) is 0 Å². The van der Waals surface area contributed by atoms with E-state index in [0.717, 1.165) is 12.8 Å². The van der Waals surface area contributed by atoms with Gasteiger partial charge in [-0.05, 0) is 38.0 Å². The van der Waals surface area contributed by atoms with Crippen LogP contribution in [0.15, 0.2) is 24.3 Å². The lowest BCUT2D eigenvalue weighted by atomic mass is 9.94. The Labute approximate surface area is 132 Å². The number of rotatable bonds is 7. The van der Waals surface area contributed by atoms with Crippen molar-refractivity contribution in [3.8, 4) is 0 Å². The number of nitrogens with two attached hydrogens (primary N) is 1. The molecule has 0 saturated heterocycles. The van der Waals surface area contributed by atoms with E-state index < -0.39 is 0 Å². The Morgan fingerprint density at radius 1 is 1.18 bits per heavy atom. The number of carbonyl (C=O) groups excluding carboxylic acids is 2. The largest absolute Gasteiger partial charge is 0.350 e. The first kappa shape index (κ1) is 18.2. The maximum atomic E-state index is 12.2. The zero-order valence-electron chi connectivity index (χ0n) is 14.0. The second kappa shape index (κ2) is 7.94. The van der Waals surface area contributed by atoms with Gasteiger partial charge in [0, 0.05) is 36.8 Å². The van der Waals surface area contributed by atoms with E-state index in [-0.39, 0.29) is 17.4 Å². The van der Waals surface area contributed by atoms with Crippen LogP contribution in [0, 0.1) is 0 Å². The number of carbonyl (C=O) groups is 2. The second-order valence-corrected chi connectivity index (χ2v) is 5.65. The van der Waals surface area contributed by atoms with Gasteiger partial charge in [0.25, 0.3) is 11.8 Å². The Bertz CT molecular complexity index is 524. The van der Waals surface area contributed by atoms with Gasteiger partial charge < -0.3 is 16.0 Å². The minimum Gasteiger partial charge on any atom is -0.350 e. The molecular weight excluding hydrogens is 278 g/mol. The molecule has 0 radical (unpaired) electrons. The minimum atomic E-state index is -0.383. The fourth-order valence-electron chi connectivity index (χ4n) is 2.02. The molecule has 1 rings (SSSR count). The molecule has 0 saturated carbocycles. The van der Waals surface area contributed by atoms with Gasteiger partial charge in [-0.25, -0.2) is 0 Å². The van der Waals surface area contributed by atoms with Crippen molar-refractivity contribution in [3.63, 3.8) is 0 Å². The number of nitrogens with one attached hydrogen (secondary N) is 1. The highest BCUT2D eigenvalue weighted by Gasteiger charge is 2.21. The van der Waals surface area contributed by atoms with Crippen LogP contribution >= 0.6 is 0 Å². The molecule has 2 amide bonds. The maximum absolute atomic E-state index is 12.2. The van der Waals surface area contributed by atoms with E-state index in [1.165, 1.54) is 0 Å². The molecule has 0 fully saturated rings. The van der Waals surface area contributed by atoms with Crippen molar-refractivity contribution in [2.45, 2.75) is 39.2 Å². The normalized spacial score (nSPS) is 11.1. The van der Waals surface area contributed by atoms with Crippen LogP contribution in [0.1, 0.15) is 54.3 Å². The van der Waals surface area contributed by atoms with Crippen molar-refractivity contribution < 1.29 is 9.59 Å². The van der Waals surface area contributed by atoms with E-state index in [4.69, 9.17) is 5.73 Å². The standard InChI is InChI=1S/C17H27N3O2/c1-5-17(18,6-2)12-19-15(21)13-9-8-10-14(11-13)16(22)20(4)7-3/h8-11H,5-7,12,18H2,1-4H3,(H,19,21). The van der Waals surface area contributed by atoms with Crippen LogP contribution in [-0.4, -0.2) is 42.4 Å². The molecule has 1 aromatic carbocycles. The van der Waals surface area contributed by atoms with Crippen molar-refractivity contribution in [2.75, 3.05) is 20.1 Å². The summed E-state index contributed by atoms with van der Waals surface area (Å²) in [5.74, 6) is -0.294. The molecule has 0 unspecified atom stereocenters. The summed E-state index contributed by atoms with van der Waals surface area (Å²) >= 11 is 0. The molecule has 0 aromatic heterocycles. The molecule has 0 heterocycles. The van der Waals surface area contributed by atoms with Crippen molar-refractivity contribution in [1.82, 2.24) is 10.2 Å². The maximum Gasteiger partial charge on any atom is 0.253 e. The molecule has 1 aromatic rings. The fraction of sp³-hybridized carbons (Fsp3) is 0.529. The average Bonchev–Trinajstić information content (AvgIpc) is 2.57. The SMILES string of the molecule is CCN(C)C(=O)c1cccc(C(=O)NCC(N)(CC)CC)c1. The summed E-state index contributed by atoms with van der Waals surface area (Å²) in [6.45, 7) is 6.97. The lowest BCUT2D eigenvalue weighted by Gasteiger charge is -2.26. The van der Waals surface area contributed by atoms with Crippen LogP contribution in [-0.2, 0) is 0 Å². The van der Waals surface area contributed by atoms with Crippen LogP contribution in [0.2, 0.25) is 0 Å². The van der Waals surface area contributed by atoms with Crippen molar-refractivity contribution in [1.29, 1.82) is 0 Å². The van der Waals surface area contributed by atoms with Gasteiger partial charge >= 0.3 is 0 Å². The van der Waals surface area contributed by atoms with E-state index in [0.29, 0.717) is 24.2 Å². The Balaban J connectivity index is 2.81. The predicted octanol–water partition coefficient (Wildman–Crippen LogP) is 2.03. The number of hydrogen-bond donors (Lipinski definition) is 2. The van der Waals surface area contributed by atoms with Crippen molar-refractivity contribution in [3.05, 3.63) is 35.4 Å². The first-order valence-corrected chi connectivity index (χ1v) is 7.79. The number of amides is 2. The van der Waals surface area contributed by atoms with E-state index in [2.05, 4.69) is 5.32 Å². The van der Waals surface area contributed by atoms with Gasteiger partial charge in [0.2, 0.25) is 0 Å². The molecule has 22 heavy (non-hydrogen) atoms. The van der Waals surface area contributed by atoms with Gasteiger partial charge in [-0.3, -0.25) is 9.59 Å². The number of hydrogen-bond acceptors (Lipinski definition) is 3. The molecule has 0 aliphatic heterocycles. The lowest BCUT2D eigenvalue weighted by molar-refractivity contribution is 0.0802. The summed E-state index contributed by atoms with van der Waals surface area (Å²) in [6, 6.07) is 6.77. The van der Waals surface area contributed by atoms with E-state index in [1.807, 2.05) is 20.8 Å². The Morgan fingerprint density at radius 3 is 2.32 bits per heavy atom. The van der Waals surface area contributed by atoms with Crippen LogP contribution in [0.3, 0.4) is 0 Å². The Morgan fingerprint density at radius 2 is 1.77 bits per heavy atom. The third kappa shape index (κ3) is 4.56. The first-order chi connectivity index (χ1) is 10.4. The summed E-state index contributed by atoms with van der Waals surface area (Å²) in [7, 11) is 1.74. The fourth-order valence-corrected chi connectivity index (χ4v) is 2.02. The zero-order valence-corrected chi connectivity index (χ0v) is 14.0. The van der Waals surface area contributed by atoms with E-state index >= 15 is 0 Å². The summed E-state index contributed by atoms with van der Waals surface area (Å²) < 4.78 is 0. The van der Waals surface area contributed by atoms with Gasteiger partial charge in [-0.2, -0.15) is 0 Å². The van der Waals surface area contributed by atoms with Crippen LogP contribution in [0.4, 0.5) is 0 Å². The number of benzene rings is 1. The quantitative estimate of drug-likeness (QED) is 0.809. The van der Waals surface area contributed by atoms with Crippen LogP contribution < -0.4 is 11.1 Å². The zero-order chi connectivity index (χ0) is 16.8. The van der Waals surface area contributed by atoms with Crippen molar-refractivity contribution >= 4 is 11.8 Å². The molecule has 0 bridgehead atoms. The molecule has 122 valence electrons. The summed E-state index contributed by atoms with van der Waals surface area (Å²) in [5.41, 5.74) is 6.79. The lowest BCUT2D eigenvalue weighted by Crippen LogP contribution is -2.49. The Kier molecular flexibility index (Phi) is 6.56. The van der Waals surface area contributed by atoms with E-state index in [9.17, 15) is 9.59 Å². The topological polar surface area (TPSA) is 75.4 Å². The molecule has 0 aliphatic rings. The highest BCUT2D eigenvalue weighted by Crippen LogP contribution is 2.11. The molecule has 0 atom stereocenters. The molecule has 5 nitrogen and oxygen atoms in total. The smallest absolute Gasteiger partial charge is 0.253 e. The monoisotopic (exact) mass is 305 g/mol. The predicted molar refractivity (Wildman–Crippen MR) is 88.9 cm³/mol. The van der Waals surface area contributed by atoms with Crippen LogP contribution in [0.5, 0.6) is 0 Å². The summed E-state index contributed by atoms with van der Waals surface area (Å²) in [4.78, 5) is 26.0. The third-order valence-electron chi connectivity index (χ3n) is 4.20. The summed E-state index contributed by atoms with van der Waals surface area (Å²) in [6.07, 6.45) is 1.59. The highest BCUT2D eigenvalue weighted by molar-refractivity contribution is 5.99. The molecule has 0 spiro atoms.